The molecule has 0 bridgehead atoms. The van der Waals surface area contributed by atoms with Gasteiger partial charge in [-0.25, -0.2) is 9.69 Å². The third-order valence-corrected chi connectivity index (χ3v) is 2.20. The molecule has 0 spiro atoms. The van der Waals surface area contributed by atoms with Gasteiger partial charge in [-0.15, -0.1) is 0 Å². The average molecular weight is 247 g/mol. The van der Waals surface area contributed by atoms with Gasteiger partial charge >= 0.3 is 12.3 Å². The number of carbonyl (C=O) groups is 1. The number of methoxy groups -OCH3 is 1. The Morgan fingerprint density at radius 3 is 2.59 bits per heavy atom. The molecule has 17 heavy (non-hydrogen) atoms. The number of hydrogen-bond donors (Lipinski definition) is 0. The topological polar surface area (TPSA) is 29.5 Å². The Balaban J connectivity index is 2.83. The van der Waals surface area contributed by atoms with Crippen LogP contribution in [0.1, 0.15) is 15.9 Å². The van der Waals surface area contributed by atoms with Crippen LogP contribution >= 0.6 is 0 Å². The van der Waals surface area contributed by atoms with Crippen LogP contribution in [0.5, 0.6) is 0 Å². The van der Waals surface area contributed by atoms with Crippen LogP contribution in [0.3, 0.4) is 0 Å². The Morgan fingerprint density at radius 1 is 1.41 bits per heavy atom. The van der Waals surface area contributed by atoms with Gasteiger partial charge in [-0.2, -0.15) is 13.2 Å². The van der Waals surface area contributed by atoms with Crippen molar-refractivity contribution in [2.45, 2.75) is 12.8 Å². The highest BCUT2D eigenvalue weighted by Crippen LogP contribution is 2.21. The van der Waals surface area contributed by atoms with Crippen LogP contribution in [0, 0.1) is 0 Å². The van der Waals surface area contributed by atoms with Gasteiger partial charge in [0.1, 0.15) is 0 Å². The summed E-state index contributed by atoms with van der Waals surface area (Å²) < 4.78 is 41.4. The predicted molar refractivity (Wildman–Crippen MR) is 55.3 cm³/mol. The van der Waals surface area contributed by atoms with E-state index < -0.39 is 12.3 Å². The number of halogens is 3. The van der Waals surface area contributed by atoms with Gasteiger partial charge in [0.2, 0.25) is 0 Å². The molecular formula is C11H12F3NO2. The number of esters is 1. The fourth-order valence-electron chi connectivity index (χ4n) is 1.28. The smallest absolute Gasteiger partial charge is 0.459 e. The normalized spacial score (nSPS) is 11.6. The second kappa shape index (κ2) is 5.18. The van der Waals surface area contributed by atoms with E-state index in [0.717, 1.165) is 7.05 Å². The van der Waals surface area contributed by atoms with Crippen LogP contribution in [-0.4, -0.2) is 31.3 Å². The van der Waals surface area contributed by atoms with Gasteiger partial charge in [-0.1, -0.05) is 12.1 Å². The van der Waals surface area contributed by atoms with E-state index in [2.05, 4.69) is 4.74 Å². The first kappa shape index (κ1) is 13.5. The van der Waals surface area contributed by atoms with Crippen molar-refractivity contribution in [3.8, 4) is 0 Å². The third kappa shape index (κ3) is 3.74. The summed E-state index contributed by atoms with van der Waals surface area (Å²) in [5.74, 6) is -0.568. The minimum Gasteiger partial charge on any atom is -0.465 e. The molecule has 0 fully saturated rings. The molecular weight excluding hydrogens is 235 g/mol. The molecule has 0 amide bonds. The Bertz CT molecular complexity index is 404. The predicted octanol–water partition coefficient (Wildman–Crippen LogP) is 2.42. The first-order valence-corrected chi connectivity index (χ1v) is 4.80. The SMILES string of the molecule is COC(=O)c1cccc(CN(C)C(F)(F)F)c1. The van der Waals surface area contributed by atoms with Gasteiger partial charge in [0.25, 0.3) is 0 Å². The van der Waals surface area contributed by atoms with Gasteiger partial charge in [0.05, 0.1) is 12.7 Å². The highest BCUT2D eigenvalue weighted by atomic mass is 19.4. The van der Waals surface area contributed by atoms with Crippen molar-refractivity contribution in [3.63, 3.8) is 0 Å². The molecule has 3 nitrogen and oxygen atoms in total. The molecule has 0 atom stereocenters. The summed E-state index contributed by atoms with van der Waals surface area (Å²) in [5.41, 5.74) is 0.633. The first-order valence-electron chi connectivity index (χ1n) is 4.80. The van der Waals surface area contributed by atoms with E-state index in [1.165, 1.54) is 31.4 Å². The maximum atomic E-state index is 12.3. The van der Waals surface area contributed by atoms with Gasteiger partial charge in [0.15, 0.2) is 0 Å². The minimum absolute atomic E-state index is 0.237. The van der Waals surface area contributed by atoms with Gasteiger partial charge in [0, 0.05) is 6.54 Å². The molecule has 0 N–H and O–H groups in total. The van der Waals surface area contributed by atoms with Gasteiger partial charge in [-0.05, 0) is 24.7 Å². The van der Waals surface area contributed by atoms with Crippen molar-refractivity contribution in [2.75, 3.05) is 14.2 Å². The fourth-order valence-corrected chi connectivity index (χ4v) is 1.28. The van der Waals surface area contributed by atoms with E-state index in [4.69, 9.17) is 0 Å². The molecule has 0 saturated carbocycles. The lowest BCUT2D eigenvalue weighted by Crippen LogP contribution is -2.33. The summed E-state index contributed by atoms with van der Waals surface area (Å²) >= 11 is 0. The molecule has 0 aromatic heterocycles. The van der Waals surface area contributed by atoms with Crippen LogP contribution in [0.15, 0.2) is 24.3 Å². The fraction of sp³-hybridized carbons (Fsp3) is 0.364. The zero-order chi connectivity index (χ0) is 13.1. The third-order valence-electron chi connectivity index (χ3n) is 2.20. The lowest BCUT2D eigenvalue weighted by atomic mass is 10.1. The largest absolute Gasteiger partial charge is 0.465 e. The standard InChI is InChI=1S/C11H12F3NO2/c1-15(11(12,13)14)7-8-4-3-5-9(6-8)10(16)17-2/h3-6H,7H2,1-2H3. The van der Waals surface area contributed by atoms with Gasteiger partial charge < -0.3 is 4.74 Å². The number of hydrogen-bond acceptors (Lipinski definition) is 3. The van der Waals surface area contributed by atoms with E-state index in [1.807, 2.05) is 0 Å². The van der Waals surface area contributed by atoms with Crippen LogP contribution in [0.2, 0.25) is 0 Å². The Kier molecular flexibility index (Phi) is 4.11. The summed E-state index contributed by atoms with van der Waals surface area (Å²) in [6.07, 6.45) is -4.39. The molecule has 6 heteroatoms. The number of rotatable bonds is 3. The van der Waals surface area contributed by atoms with E-state index in [-0.39, 0.29) is 17.0 Å². The van der Waals surface area contributed by atoms with Crippen molar-refractivity contribution < 1.29 is 22.7 Å². The lowest BCUT2D eigenvalue weighted by molar-refractivity contribution is -0.240. The molecule has 0 radical (unpaired) electrons. The molecule has 0 aliphatic carbocycles. The second-order valence-electron chi connectivity index (χ2n) is 3.52. The average Bonchev–Trinajstić information content (AvgIpc) is 2.27. The summed E-state index contributed by atoms with van der Waals surface area (Å²) in [6, 6.07) is 5.91. The van der Waals surface area contributed by atoms with Crippen molar-refractivity contribution >= 4 is 5.97 Å². The lowest BCUT2D eigenvalue weighted by Gasteiger charge is -2.19. The summed E-state index contributed by atoms with van der Waals surface area (Å²) in [4.78, 5) is 11.4. The van der Waals surface area contributed by atoms with E-state index in [9.17, 15) is 18.0 Å². The van der Waals surface area contributed by atoms with Crippen LogP contribution in [0.25, 0.3) is 0 Å². The van der Waals surface area contributed by atoms with E-state index in [0.29, 0.717) is 5.56 Å². The zero-order valence-corrected chi connectivity index (χ0v) is 9.41. The number of benzene rings is 1. The molecule has 0 aliphatic heterocycles. The van der Waals surface area contributed by atoms with Crippen molar-refractivity contribution in [3.05, 3.63) is 35.4 Å². The number of ether oxygens (including phenoxy) is 1. The molecule has 0 heterocycles. The Labute approximate surface area is 96.8 Å². The van der Waals surface area contributed by atoms with E-state index >= 15 is 0 Å². The highest BCUT2D eigenvalue weighted by molar-refractivity contribution is 5.89. The maximum Gasteiger partial charge on any atom is 0.459 e. The summed E-state index contributed by atoms with van der Waals surface area (Å²) in [6.45, 7) is -0.311. The molecule has 1 rings (SSSR count). The zero-order valence-electron chi connectivity index (χ0n) is 9.41. The quantitative estimate of drug-likeness (QED) is 0.607. The minimum atomic E-state index is -4.39. The number of alkyl halides is 3. The monoisotopic (exact) mass is 247 g/mol. The number of carbonyl (C=O) groups excluding carboxylic acids is 1. The number of nitrogens with zero attached hydrogens (tertiary/aromatic N) is 1. The van der Waals surface area contributed by atoms with Crippen molar-refractivity contribution in [1.82, 2.24) is 4.90 Å². The van der Waals surface area contributed by atoms with Crippen LogP contribution in [0.4, 0.5) is 13.2 Å². The van der Waals surface area contributed by atoms with Crippen molar-refractivity contribution in [2.24, 2.45) is 0 Å². The first-order chi connectivity index (χ1) is 7.84. The van der Waals surface area contributed by atoms with Crippen molar-refractivity contribution in [1.29, 1.82) is 0 Å². The molecule has 1 aromatic carbocycles. The summed E-state index contributed by atoms with van der Waals surface area (Å²) in [5, 5.41) is 0. The molecule has 0 aliphatic rings. The molecule has 94 valence electrons. The molecule has 0 unspecified atom stereocenters. The summed E-state index contributed by atoms with van der Waals surface area (Å²) in [7, 11) is 2.17. The second-order valence-corrected chi connectivity index (χ2v) is 3.52. The maximum absolute atomic E-state index is 12.3. The molecule has 1 aromatic rings. The van der Waals surface area contributed by atoms with Gasteiger partial charge in [-0.3, -0.25) is 0 Å². The van der Waals surface area contributed by atoms with E-state index in [1.54, 1.807) is 0 Å². The highest BCUT2D eigenvalue weighted by Gasteiger charge is 2.33. The Hall–Kier alpha value is -1.56. The molecule has 0 saturated heterocycles. The Morgan fingerprint density at radius 2 is 2.06 bits per heavy atom. The van der Waals surface area contributed by atoms with Crippen LogP contribution in [-0.2, 0) is 11.3 Å². The van der Waals surface area contributed by atoms with Crippen LogP contribution < -0.4 is 0 Å².